The van der Waals surface area contributed by atoms with Crippen LogP contribution in [-0.4, -0.2) is 11.2 Å². The van der Waals surface area contributed by atoms with Crippen LogP contribution in [-0.2, 0) is 6.42 Å². The van der Waals surface area contributed by atoms with Crippen LogP contribution in [0.3, 0.4) is 0 Å². The summed E-state index contributed by atoms with van der Waals surface area (Å²) in [5, 5.41) is 10.00. The highest BCUT2D eigenvalue weighted by molar-refractivity contribution is 9.10. The Morgan fingerprint density at radius 3 is 2.13 bits per heavy atom. The summed E-state index contributed by atoms with van der Waals surface area (Å²) in [5.74, 6) is 0.865. The molecule has 2 heteroatoms. The molecule has 2 unspecified atom stereocenters. The SMILES string of the molecule is CC(C)C(C)C(O)Cc1ccc(Br)cc1. The minimum Gasteiger partial charge on any atom is -0.392 e. The minimum atomic E-state index is -0.244. The van der Waals surface area contributed by atoms with Gasteiger partial charge in [0.2, 0.25) is 0 Å². The fourth-order valence-electron chi connectivity index (χ4n) is 1.49. The number of aliphatic hydroxyl groups excluding tert-OH is 1. The first-order chi connectivity index (χ1) is 7.00. The summed E-state index contributed by atoms with van der Waals surface area (Å²) in [4.78, 5) is 0. The Hall–Kier alpha value is -0.340. The van der Waals surface area contributed by atoms with Gasteiger partial charge in [0.15, 0.2) is 0 Å². The smallest absolute Gasteiger partial charge is 0.0608 e. The number of rotatable bonds is 4. The fourth-order valence-corrected chi connectivity index (χ4v) is 1.76. The molecule has 0 aliphatic carbocycles. The van der Waals surface area contributed by atoms with E-state index in [1.165, 1.54) is 5.56 Å². The molecular weight excluding hydrogens is 252 g/mol. The van der Waals surface area contributed by atoms with Crippen molar-refractivity contribution < 1.29 is 5.11 Å². The molecule has 0 radical (unpaired) electrons. The van der Waals surface area contributed by atoms with E-state index in [9.17, 15) is 5.11 Å². The van der Waals surface area contributed by atoms with Gasteiger partial charge in [0, 0.05) is 4.47 Å². The Morgan fingerprint density at radius 2 is 1.67 bits per heavy atom. The number of aliphatic hydroxyl groups is 1. The maximum Gasteiger partial charge on any atom is 0.0608 e. The van der Waals surface area contributed by atoms with Crippen molar-refractivity contribution in [2.75, 3.05) is 0 Å². The third-order valence-electron chi connectivity index (χ3n) is 3.02. The van der Waals surface area contributed by atoms with Gasteiger partial charge >= 0.3 is 0 Å². The molecule has 0 spiro atoms. The van der Waals surface area contributed by atoms with E-state index in [-0.39, 0.29) is 6.10 Å². The number of benzene rings is 1. The van der Waals surface area contributed by atoms with Gasteiger partial charge in [-0.05, 0) is 36.0 Å². The van der Waals surface area contributed by atoms with Crippen LogP contribution in [0.25, 0.3) is 0 Å². The zero-order valence-corrected chi connectivity index (χ0v) is 11.2. The van der Waals surface area contributed by atoms with Crippen molar-refractivity contribution >= 4 is 15.9 Å². The monoisotopic (exact) mass is 270 g/mol. The van der Waals surface area contributed by atoms with Gasteiger partial charge < -0.3 is 5.11 Å². The maximum absolute atomic E-state index is 10.00. The van der Waals surface area contributed by atoms with Crippen molar-refractivity contribution in [3.8, 4) is 0 Å². The highest BCUT2D eigenvalue weighted by Crippen LogP contribution is 2.19. The Balaban J connectivity index is 2.58. The van der Waals surface area contributed by atoms with Crippen molar-refractivity contribution in [3.63, 3.8) is 0 Å². The molecule has 1 rings (SSSR count). The summed E-state index contributed by atoms with van der Waals surface area (Å²) >= 11 is 3.40. The number of hydrogen-bond acceptors (Lipinski definition) is 1. The molecule has 1 aromatic carbocycles. The molecule has 0 bridgehead atoms. The molecule has 0 heterocycles. The minimum absolute atomic E-state index is 0.244. The lowest BCUT2D eigenvalue weighted by Crippen LogP contribution is -2.24. The lowest BCUT2D eigenvalue weighted by Gasteiger charge is -2.22. The summed E-state index contributed by atoms with van der Waals surface area (Å²) in [6.45, 7) is 6.40. The van der Waals surface area contributed by atoms with Crippen LogP contribution in [0.15, 0.2) is 28.7 Å². The van der Waals surface area contributed by atoms with E-state index < -0.39 is 0 Å². The van der Waals surface area contributed by atoms with Gasteiger partial charge in [-0.25, -0.2) is 0 Å². The quantitative estimate of drug-likeness (QED) is 0.886. The molecule has 0 aliphatic rings. The molecule has 84 valence electrons. The molecule has 0 aromatic heterocycles. The number of halogens is 1. The fraction of sp³-hybridized carbons (Fsp3) is 0.538. The van der Waals surface area contributed by atoms with Crippen molar-refractivity contribution in [2.45, 2.75) is 33.3 Å². The van der Waals surface area contributed by atoms with Gasteiger partial charge in [-0.15, -0.1) is 0 Å². The molecule has 2 atom stereocenters. The predicted molar refractivity (Wildman–Crippen MR) is 67.9 cm³/mol. The molecule has 0 amide bonds. The zero-order valence-electron chi connectivity index (χ0n) is 9.57. The summed E-state index contributed by atoms with van der Waals surface area (Å²) in [6, 6.07) is 8.14. The van der Waals surface area contributed by atoms with Crippen LogP contribution in [0.5, 0.6) is 0 Å². The molecule has 0 fully saturated rings. The first-order valence-corrected chi connectivity index (χ1v) is 6.22. The Labute approximate surface area is 101 Å². The normalized spacial score (nSPS) is 15.3. The van der Waals surface area contributed by atoms with Crippen LogP contribution in [0.1, 0.15) is 26.3 Å². The Bertz CT molecular complexity index is 292. The van der Waals surface area contributed by atoms with Gasteiger partial charge in [-0.1, -0.05) is 48.8 Å². The summed E-state index contributed by atoms with van der Waals surface area (Å²) in [5.41, 5.74) is 1.19. The highest BCUT2D eigenvalue weighted by Gasteiger charge is 2.17. The lowest BCUT2D eigenvalue weighted by molar-refractivity contribution is 0.0921. The molecule has 0 saturated carbocycles. The molecule has 1 N–H and O–H groups in total. The second kappa shape index (κ2) is 5.66. The average Bonchev–Trinajstić information content (AvgIpc) is 2.20. The molecule has 1 aromatic rings. The molecule has 0 saturated heterocycles. The molecule has 1 nitrogen and oxygen atoms in total. The standard InChI is InChI=1S/C13H19BrO/c1-9(2)10(3)13(15)8-11-4-6-12(14)7-5-11/h4-7,9-10,13,15H,8H2,1-3H3. The molecule has 0 aliphatic heterocycles. The van der Waals surface area contributed by atoms with Gasteiger partial charge in [0.05, 0.1) is 6.10 Å². The van der Waals surface area contributed by atoms with Crippen molar-refractivity contribution in [2.24, 2.45) is 11.8 Å². The second-order valence-electron chi connectivity index (χ2n) is 4.50. The van der Waals surface area contributed by atoms with E-state index >= 15 is 0 Å². The Morgan fingerprint density at radius 1 is 1.13 bits per heavy atom. The Kier molecular flexibility index (Phi) is 4.81. The second-order valence-corrected chi connectivity index (χ2v) is 5.42. The van der Waals surface area contributed by atoms with E-state index in [2.05, 4.69) is 48.8 Å². The summed E-state index contributed by atoms with van der Waals surface area (Å²) in [6.07, 6.45) is 0.498. The third kappa shape index (κ3) is 3.96. The van der Waals surface area contributed by atoms with Crippen LogP contribution in [0, 0.1) is 11.8 Å². The van der Waals surface area contributed by atoms with Gasteiger partial charge in [0.25, 0.3) is 0 Å². The van der Waals surface area contributed by atoms with Crippen molar-refractivity contribution in [1.82, 2.24) is 0 Å². The van der Waals surface area contributed by atoms with Crippen molar-refractivity contribution in [1.29, 1.82) is 0 Å². The predicted octanol–water partition coefficient (Wildman–Crippen LogP) is 3.64. The summed E-state index contributed by atoms with van der Waals surface area (Å²) < 4.78 is 1.08. The first kappa shape index (κ1) is 12.7. The van der Waals surface area contributed by atoms with Gasteiger partial charge in [-0.3, -0.25) is 0 Å². The van der Waals surface area contributed by atoms with E-state index in [1.807, 2.05) is 12.1 Å². The number of hydrogen-bond donors (Lipinski definition) is 1. The van der Waals surface area contributed by atoms with Crippen LogP contribution < -0.4 is 0 Å². The van der Waals surface area contributed by atoms with E-state index in [0.29, 0.717) is 11.8 Å². The average molecular weight is 271 g/mol. The van der Waals surface area contributed by atoms with E-state index in [1.54, 1.807) is 0 Å². The summed E-state index contributed by atoms with van der Waals surface area (Å²) in [7, 11) is 0. The van der Waals surface area contributed by atoms with Crippen LogP contribution >= 0.6 is 15.9 Å². The van der Waals surface area contributed by atoms with Crippen LogP contribution in [0.2, 0.25) is 0 Å². The van der Waals surface area contributed by atoms with Gasteiger partial charge in [0.1, 0.15) is 0 Å². The van der Waals surface area contributed by atoms with E-state index in [4.69, 9.17) is 0 Å². The lowest BCUT2D eigenvalue weighted by atomic mass is 9.89. The van der Waals surface area contributed by atoms with Crippen LogP contribution in [0.4, 0.5) is 0 Å². The largest absolute Gasteiger partial charge is 0.392 e. The molecule has 15 heavy (non-hydrogen) atoms. The zero-order chi connectivity index (χ0) is 11.4. The highest BCUT2D eigenvalue weighted by atomic mass is 79.9. The van der Waals surface area contributed by atoms with E-state index in [0.717, 1.165) is 10.9 Å². The topological polar surface area (TPSA) is 20.2 Å². The van der Waals surface area contributed by atoms with Gasteiger partial charge in [-0.2, -0.15) is 0 Å². The van der Waals surface area contributed by atoms with Crippen molar-refractivity contribution in [3.05, 3.63) is 34.3 Å². The maximum atomic E-state index is 10.00. The third-order valence-corrected chi connectivity index (χ3v) is 3.55. The molecular formula is C13H19BrO. The first-order valence-electron chi connectivity index (χ1n) is 5.43.